The van der Waals surface area contributed by atoms with Gasteiger partial charge in [-0.05, 0) is 61.8 Å². The summed E-state index contributed by atoms with van der Waals surface area (Å²) in [5.74, 6) is -1.07. The second-order valence-corrected chi connectivity index (χ2v) is 6.00. The standard InChI is InChI=1S/C13H18IN3O3/c1-8(7-17(2)3)15-13(20)16-11-5-4-9(14)6-10(11)12(18)19/h4-6,8H,7H2,1-3H3,(H,18,19)(H2,15,16,20). The second-order valence-electron chi connectivity index (χ2n) is 4.76. The monoisotopic (exact) mass is 391 g/mol. The molecule has 0 aliphatic heterocycles. The van der Waals surface area contributed by atoms with E-state index in [4.69, 9.17) is 5.11 Å². The molecule has 0 saturated carbocycles. The first kappa shape index (κ1) is 16.7. The smallest absolute Gasteiger partial charge is 0.337 e. The van der Waals surface area contributed by atoms with Crippen molar-refractivity contribution in [2.24, 2.45) is 0 Å². The lowest BCUT2D eigenvalue weighted by molar-refractivity contribution is 0.0698. The number of carboxylic acid groups (broad SMARTS) is 1. The summed E-state index contributed by atoms with van der Waals surface area (Å²) in [7, 11) is 3.83. The maximum absolute atomic E-state index is 11.8. The molecule has 6 nitrogen and oxygen atoms in total. The first-order chi connectivity index (χ1) is 9.29. The van der Waals surface area contributed by atoms with Crippen molar-refractivity contribution in [1.82, 2.24) is 10.2 Å². The lowest BCUT2D eigenvalue weighted by Gasteiger charge is -2.19. The molecule has 20 heavy (non-hydrogen) atoms. The van der Waals surface area contributed by atoms with E-state index >= 15 is 0 Å². The fourth-order valence-corrected chi connectivity index (χ4v) is 2.27. The zero-order valence-corrected chi connectivity index (χ0v) is 13.8. The topological polar surface area (TPSA) is 81.7 Å². The van der Waals surface area contributed by atoms with E-state index in [0.717, 1.165) is 3.57 Å². The van der Waals surface area contributed by atoms with Gasteiger partial charge in [0, 0.05) is 16.2 Å². The molecule has 7 heteroatoms. The minimum atomic E-state index is -1.07. The fourth-order valence-electron chi connectivity index (χ4n) is 1.78. The molecule has 1 rings (SSSR count). The third kappa shape index (κ3) is 5.33. The Kier molecular flexibility index (Phi) is 6.21. The maximum Gasteiger partial charge on any atom is 0.337 e. The summed E-state index contributed by atoms with van der Waals surface area (Å²) < 4.78 is 0.798. The predicted octanol–water partition coefficient (Wildman–Crippen LogP) is 2.06. The number of halogens is 1. The Morgan fingerprint density at radius 1 is 1.40 bits per heavy atom. The minimum Gasteiger partial charge on any atom is -0.478 e. The lowest BCUT2D eigenvalue weighted by atomic mass is 10.2. The number of carbonyl (C=O) groups is 2. The molecular formula is C13H18IN3O3. The Bertz CT molecular complexity index is 506. The van der Waals surface area contributed by atoms with E-state index in [9.17, 15) is 9.59 Å². The number of carboxylic acids is 1. The van der Waals surface area contributed by atoms with Crippen LogP contribution in [0.2, 0.25) is 0 Å². The molecule has 0 aliphatic rings. The molecule has 1 aromatic carbocycles. The van der Waals surface area contributed by atoms with Crippen LogP contribution in [0.1, 0.15) is 17.3 Å². The zero-order valence-electron chi connectivity index (χ0n) is 11.6. The summed E-state index contributed by atoms with van der Waals surface area (Å²) in [6.07, 6.45) is 0. The summed E-state index contributed by atoms with van der Waals surface area (Å²) in [6.45, 7) is 2.58. The van der Waals surface area contributed by atoms with Gasteiger partial charge >= 0.3 is 12.0 Å². The van der Waals surface area contributed by atoms with Gasteiger partial charge in [0.05, 0.1) is 11.3 Å². The SMILES string of the molecule is CC(CN(C)C)NC(=O)Nc1ccc(I)cc1C(=O)O. The van der Waals surface area contributed by atoms with E-state index < -0.39 is 12.0 Å². The second kappa shape index (κ2) is 7.44. The van der Waals surface area contributed by atoms with Crippen molar-refractivity contribution >= 4 is 40.3 Å². The number of anilines is 1. The van der Waals surface area contributed by atoms with Gasteiger partial charge in [-0.25, -0.2) is 9.59 Å². The first-order valence-corrected chi connectivity index (χ1v) is 7.12. The summed E-state index contributed by atoms with van der Waals surface area (Å²) in [5, 5.41) is 14.4. The number of amides is 2. The van der Waals surface area contributed by atoms with Crippen LogP contribution in [0, 0.1) is 3.57 Å². The molecule has 0 heterocycles. The van der Waals surface area contributed by atoms with Crippen molar-refractivity contribution in [1.29, 1.82) is 0 Å². The highest BCUT2D eigenvalue weighted by molar-refractivity contribution is 14.1. The molecular weight excluding hydrogens is 373 g/mol. The van der Waals surface area contributed by atoms with E-state index in [1.165, 1.54) is 6.07 Å². The number of rotatable bonds is 5. The molecule has 0 aromatic heterocycles. The van der Waals surface area contributed by atoms with Crippen LogP contribution in [0.3, 0.4) is 0 Å². The molecule has 0 aliphatic carbocycles. The van der Waals surface area contributed by atoms with Crippen LogP contribution in [0.25, 0.3) is 0 Å². The van der Waals surface area contributed by atoms with Gasteiger partial charge in [-0.2, -0.15) is 0 Å². The predicted molar refractivity (Wildman–Crippen MR) is 86.3 cm³/mol. The Morgan fingerprint density at radius 2 is 2.05 bits per heavy atom. The Hall–Kier alpha value is -1.35. The number of benzene rings is 1. The van der Waals surface area contributed by atoms with Gasteiger partial charge in [0.25, 0.3) is 0 Å². The third-order valence-electron chi connectivity index (χ3n) is 2.48. The molecule has 0 fully saturated rings. The summed E-state index contributed by atoms with van der Waals surface area (Å²) in [4.78, 5) is 24.9. The Balaban J connectivity index is 2.73. The average Bonchev–Trinajstić information content (AvgIpc) is 2.29. The molecule has 0 spiro atoms. The Labute approximate surface area is 131 Å². The van der Waals surface area contributed by atoms with Crippen LogP contribution >= 0.6 is 22.6 Å². The largest absolute Gasteiger partial charge is 0.478 e. The molecule has 0 saturated heterocycles. The molecule has 1 atom stereocenters. The van der Waals surface area contributed by atoms with Gasteiger partial charge in [0.1, 0.15) is 0 Å². The van der Waals surface area contributed by atoms with Crippen LogP contribution in [-0.2, 0) is 0 Å². The number of urea groups is 1. The summed E-state index contributed by atoms with van der Waals surface area (Å²) in [5.41, 5.74) is 0.361. The van der Waals surface area contributed by atoms with E-state index in [2.05, 4.69) is 10.6 Å². The fraction of sp³-hybridized carbons (Fsp3) is 0.385. The van der Waals surface area contributed by atoms with Crippen LogP contribution < -0.4 is 10.6 Å². The maximum atomic E-state index is 11.8. The number of hydrogen-bond donors (Lipinski definition) is 3. The number of carbonyl (C=O) groups excluding carboxylic acids is 1. The normalized spacial score (nSPS) is 12.1. The van der Waals surface area contributed by atoms with Crippen LogP contribution in [0.15, 0.2) is 18.2 Å². The van der Waals surface area contributed by atoms with Crippen LogP contribution in [0.4, 0.5) is 10.5 Å². The first-order valence-electron chi connectivity index (χ1n) is 6.04. The molecule has 1 unspecified atom stereocenters. The van der Waals surface area contributed by atoms with E-state index in [0.29, 0.717) is 6.54 Å². The number of likely N-dealkylation sites (N-methyl/N-ethyl adjacent to an activating group) is 1. The minimum absolute atomic E-state index is 0.0397. The summed E-state index contributed by atoms with van der Waals surface area (Å²) in [6, 6.07) is 4.39. The van der Waals surface area contributed by atoms with Crippen molar-refractivity contribution in [3.8, 4) is 0 Å². The van der Waals surface area contributed by atoms with Gasteiger partial charge in [0.2, 0.25) is 0 Å². The van der Waals surface area contributed by atoms with E-state index in [-0.39, 0.29) is 17.3 Å². The van der Waals surface area contributed by atoms with Crippen LogP contribution in [0.5, 0.6) is 0 Å². The number of aromatic carboxylic acids is 1. The van der Waals surface area contributed by atoms with Crippen molar-refractivity contribution in [2.75, 3.05) is 26.0 Å². The van der Waals surface area contributed by atoms with E-state index in [1.54, 1.807) is 12.1 Å². The van der Waals surface area contributed by atoms with Gasteiger partial charge in [-0.1, -0.05) is 0 Å². The van der Waals surface area contributed by atoms with E-state index in [1.807, 2.05) is 48.5 Å². The molecule has 0 radical (unpaired) electrons. The molecule has 0 bridgehead atoms. The van der Waals surface area contributed by atoms with Crippen molar-refractivity contribution < 1.29 is 14.7 Å². The molecule has 3 N–H and O–H groups in total. The molecule has 110 valence electrons. The number of nitrogens with one attached hydrogen (secondary N) is 2. The quantitative estimate of drug-likeness (QED) is 0.672. The van der Waals surface area contributed by atoms with Crippen LogP contribution in [-0.4, -0.2) is 48.7 Å². The highest BCUT2D eigenvalue weighted by Gasteiger charge is 2.14. The zero-order chi connectivity index (χ0) is 15.3. The van der Waals surface area contributed by atoms with Crippen molar-refractivity contribution in [2.45, 2.75) is 13.0 Å². The third-order valence-corrected chi connectivity index (χ3v) is 3.15. The number of hydrogen-bond acceptors (Lipinski definition) is 3. The van der Waals surface area contributed by atoms with Gasteiger partial charge in [-0.3, -0.25) is 0 Å². The van der Waals surface area contributed by atoms with Gasteiger partial charge in [-0.15, -0.1) is 0 Å². The number of nitrogens with zero attached hydrogens (tertiary/aromatic N) is 1. The van der Waals surface area contributed by atoms with Crippen molar-refractivity contribution in [3.63, 3.8) is 0 Å². The molecule has 1 aromatic rings. The highest BCUT2D eigenvalue weighted by atomic mass is 127. The summed E-state index contributed by atoms with van der Waals surface area (Å²) >= 11 is 2.03. The lowest BCUT2D eigenvalue weighted by Crippen LogP contribution is -2.41. The molecule has 2 amide bonds. The van der Waals surface area contributed by atoms with Crippen molar-refractivity contribution in [3.05, 3.63) is 27.3 Å². The van der Waals surface area contributed by atoms with Gasteiger partial charge in [0.15, 0.2) is 0 Å². The Morgan fingerprint density at radius 3 is 2.60 bits per heavy atom. The highest BCUT2D eigenvalue weighted by Crippen LogP contribution is 2.18. The average molecular weight is 391 g/mol. The van der Waals surface area contributed by atoms with Gasteiger partial charge < -0.3 is 20.6 Å².